The van der Waals surface area contributed by atoms with Crippen molar-refractivity contribution < 1.29 is 14.6 Å². The van der Waals surface area contributed by atoms with Crippen LogP contribution in [0.5, 0.6) is 0 Å². The van der Waals surface area contributed by atoms with Crippen molar-refractivity contribution in [2.24, 2.45) is 0 Å². The quantitative estimate of drug-likeness (QED) is 0.844. The number of hydrogen-bond acceptors (Lipinski definition) is 5. The van der Waals surface area contributed by atoms with Crippen molar-refractivity contribution in [3.8, 4) is 0 Å². The summed E-state index contributed by atoms with van der Waals surface area (Å²) in [5, 5.41) is 17.0. The summed E-state index contributed by atoms with van der Waals surface area (Å²) in [7, 11) is 0. The number of aliphatic hydroxyl groups is 1. The molecule has 1 fully saturated rings. The van der Waals surface area contributed by atoms with Gasteiger partial charge in [-0.05, 0) is 35.9 Å². The normalized spacial score (nSPS) is 23.2. The zero-order valence-corrected chi connectivity index (χ0v) is 12.8. The maximum absolute atomic E-state index is 12.1. The van der Waals surface area contributed by atoms with Crippen LogP contribution in [-0.4, -0.2) is 54.8 Å². The van der Waals surface area contributed by atoms with Crippen LogP contribution in [0, 0.1) is 0 Å². The fraction of sp³-hybridized carbons (Fsp3) is 0.643. The van der Waals surface area contributed by atoms with Crippen LogP contribution in [-0.2, 0) is 15.1 Å². The smallest absolute Gasteiger partial charge is 0.250 e. The van der Waals surface area contributed by atoms with Crippen molar-refractivity contribution in [2.45, 2.75) is 25.6 Å². The molecule has 0 spiro atoms. The molecule has 2 heterocycles. The fourth-order valence-electron chi connectivity index (χ4n) is 2.19. The summed E-state index contributed by atoms with van der Waals surface area (Å²) in [4.78, 5) is 14.3. The Morgan fingerprint density at radius 2 is 2.50 bits per heavy atom. The molecule has 2 rings (SSSR count). The Kier molecular flexibility index (Phi) is 5.15. The first-order valence-corrected chi connectivity index (χ1v) is 7.84. The largest absolute Gasteiger partial charge is 0.384 e. The number of amides is 1. The molecule has 1 aromatic heterocycles. The number of nitrogens with one attached hydrogen (secondary N) is 1. The van der Waals surface area contributed by atoms with Crippen LogP contribution in [0.1, 0.15) is 19.4 Å². The molecule has 1 aromatic rings. The van der Waals surface area contributed by atoms with Gasteiger partial charge in [0.25, 0.3) is 5.91 Å². The van der Waals surface area contributed by atoms with Gasteiger partial charge in [-0.3, -0.25) is 9.69 Å². The average molecular weight is 298 g/mol. The van der Waals surface area contributed by atoms with E-state index in [0.29, 0.717) is 13.2 Å². The van der Waals surface area contributed by atoms with Gasteiger partial charge in [0.1, 0.15) is 11.7 Å². The molecule has 2 N–H and O–H groups in total. The van der Waals surface area contributed by atoms with Gasteiger partial charge in [0.15, 0.2) is 0 Å². The second-order valence-electron chi connectivity index (χ2n) is 5.26. The molecular formula is C14H22N2O3S. The summed E-state index contributed by atoms with van der Waals surface area (Å²) in [6.45, 7) is 6.94. The number of nitrogens with zero attached hydrogens (tertiary/aromatic N) is 1. The molecule has 112 valence electrons. The molecular weight excluding hydrogens is 276 g/mol. The topological polar surface area (TPSA) is 61.8 Å². The third-order valence-electron chi connectivity index (χ3n) is 3.64. The summed E-state index contributed by atoms with van der Waals surface area (Å²) in [5.74, 6) is -0.154. The van der Waals surface area contributed by atoms with Crippen molar-refractivity contribution >= 4 is 17.2 Å². The molecule has 1 amide bonds. The molecule has 0 saturated carbocycles. The number of carbonyl (C=O) groups is 1. The molecule has 5 nitrogen and oxygen atoms in total. The predicted molar refractivity (Wildman–Crippen MR) is 78.8 cm³/mol. The molecule has 1 aliphatic heterocycles. The van der Waals surface area contributed by atoms with Crippen molar-refractivity contribution in [1.29, 1.82) is 0 Å². The van der Waals surface area contributed by atoms with Crippen LogP contribution in [0.2, 0.25) is 0 Å². The van der Waals surface area contributed by atoms with Crippen LogP contribution in [0.25, 0.3) is 0 Å². The highest BCUT2D eigenvalue weighted by Crippen LogP contribution is 2.22. The molecule has 2 atom stereocenters. The van der Waals surface area contributed by atoms with E-state index in [1.165, 1.54) is 11.3 Å². The lowest BCUT2D eigenvalue weighted by molar-refractivity contribution is -0.139. The number of hydrogen-bond donors (Lipinski definition) is 2. The lowest BCUT2D eigenvalue weighted by Gasteiger charge is -2.32. The van der Waals surface area contributed by atoms with Crippen LogP contribution >= 0.6 is 11.3 Å². The monoisotopic (exact) mass is 298 g/mol. The Morgan fingerprint density at radius 3 is 3.15 bits per heavy atom. The Bertz CT molecular complexity index is 434. The van der Waals surface area contributed by atoms with Gasteiger partial charge in [-0.1, -0.05) is 6.92 Å². The maximum Gasteiger partial charge on any atom is 0.250 e. The van der Waals surface area contributed by atoms with E-state index in [4.69, 9.17) is 4.74 Å². The zero-order chi connectivity index (χ0) is 14.6. The standard InChI is InChI=1S/C14H22N2O3S/c1-3-16-5-6-19-12(8-16)13(17)15-10-14(2,18)11-4-7-20-9-11/h4,7,9,12,18H,3,5-6,8,10H2,1-2H3,(H,15,17). The summed E-state index contributed by atoms with van der Waals surface area (Å²) in [6, 6.07) is 1.87. The lowest BCUT2D eigenvalue weighted by atomic mass is 9.99. The molecule has 1 aliphatic rings. The first kappa shape index (κ1) is 15.4. The number of ether oxygens (including phenoxy) is 1. The number of rotatable bonds is 5. The highest BCUT2D eigenvalue weighted by Gasteiger charge is 2.29. The second-order valence-corrected chi connectivity index (χ2v) is 6.04. The molecule has 0 aromatic carbocycles. The summed E-state index contributed by atoms with van der Waals surface area (Å²) in [6.07, 6.45) is -0.443. The van der Waals surface area contributed by atoms with Crippen molar-refractivity contribution in [1.82, 2.24) is 10.2 Å². The summed E-state index contributed by atoms with van der Waals surface area (Å²) < 4.78 is 5.49. The summed E-state index contributed by atoms with van der Waals surface area (Å²) >= 11 is 1.53. The van der Waals surface area contributed by atoms with Gasteiger partial charge in [0.05, 0.1) is 13.2 Å². The molecule has 0 aliphatic carbocycles. The number of morpholine rings is 1. The highest BCUT2D eigenvalue weighted by molar-refractivity contribution is 7.08. The lowest BCUT2D eigenvalue weighted by Crippen LogP contribution is -2.51. The first-order valence-electron chi connectivity index (χ1n) is 6.89. The number of likely N-dealkylation sites (N-methyl/N-ethyl adjacent to an activating group) is 1. The number of carbonyl (C=O) groups excluding carboxylic acids is 1. The van der Waals surface area contributed by atoms with Crippen molar-refractivity contribution in [3.63, 3.8) is 0 Å². The van der Waals surface area contributed by atoms with Gasteiger partial charge >= 0.3 is 0 Å². The van der Waals surface area contributed by atoms with Crippen LogP contribution in [0.4, 0.5) is 0 Å². The van der Waals surface area contributed by atoms with Gasteiger partial charge in [-0.15, -0.1) is 0 Å². The summed E-state index contributed by atoms with van der Waals surface area (Å²) in [5.41, 5.74) is -0.225. The maximum atomic E-state index is 12.1. The van der Waals surface area contributed by atoms with Gasteiger partial charge in [-0.2, -0.15) is 11.3 Å². The zero-order valence-electron chi connectivity index (χ0n) is 12.0. The minimum Gasteiger partial charge on any atom is -0.384 e. The first-order chi connectivity index (χ1) is 9.53. The van der Waals surface area contributed by atoms with E-state index in [-0.39, 0.29) is 12.5 Å². The van der Waals surface area contributed by atoms with E-state index < -0.39 is 11.7 Å². The van der Waals surface area contributed by atoms with E-state index in [9.17, 15) is 9.90 Å². The van der Waals surface area contributed by atoms with E-state index in [1.54, 1.807) is 6.92 Å². The third kappa shape index (κ3) is 3.79. The second kappa shape index (κ2) is 6.67. The van der Waals surface area contributed by atoms with E-state index >= 15 is 0 Å². The molecule has 0 radical (unpaired) electrons. The third-order valence-corrected chi connectivity index (χ3v) is 4.32. The van der Waals surface area contributed by atoms with Gasteiger partial charge < -0.3 is 15.2 Å². The highest BCUT2D eigenvalue weighted by atomic mass is 32.1. The molecule has 2 unspecified atom stereocenters. The Hall–Kier alpha value is -0.950. The molecule has 1 saturated heterocycles. The Morgan fingerprint density at radius 1 is 1.70 bits per heavy atom. The van der Waals surface area contributed by atoms with Gasteiger partial charge in [-0.25, -0.2) is 0 Å². The minimum atomic E-state index is -1.05. The van der Waals surface area contributed by atoms with Crippen LogP contribution in [0.3, 0.4) is 0 Å². The molecule has 0 bridgehead atoms. The number of thiophene rings is 1. The van der Waals surface area contributed by atoms with Crippen molar-refractivity contribution in [2.75, 3.05) is 32.8 Å². The van der Waals surface area contributed by atoms with Gasteiger partial charge in [0, 0.05) is 13.1 Å². The van der Waals surface area contributed by atoms with E-state index in [2.05, 4.69) is 17.1 Å². The fourth-order valence-corrected chi connectivity index (χ4v) is 2.98. The molecule has 6 heteroatoms. The molecule has 20 heavy (non-hydrogen) atoms. The predicted octanol–water partition coefficient (Wildman–Crippen LogP) is 0.793. The van der Waals surface area contributed by atoms with Crippen LogP contribution < -0.4 is 5.32 Å². The van der Waals surface area contributed by atoms with Gasteiger partial charge in [0.2, 0.25) is 0 Å². The van der Waals surface area contributed by atoms with E-state index in [1.807, 2.05) is 16.8 Å². The Balaban J connectivity index is 1.85. The SMILES string of the molecule is CCN1CCOC(C(=O)NCC(C)(O)c2ccsc2)C1. The Labute approximate surface area is 123 Å². The average Bonchev–Trinajstić information content (AvgIpc) is 3.00. The van der Waals surface area contributed by atoms with Crippen molar-refractivity contribution in [3.05, 3.63) is 22.4 Å². The van der Waals surface area contributed by atoms with Crippen LogP contribution in [0.15, 0.2) is 16.8 Å². The van der Waals surface area contributed by atoms with E-state index in [0.717, 1.165) is 18.7 Å². The minimum absolute atomic E-state index is 0.154.